The molecule has 2 amide bonds. The third-order valence-electron chi connectivity index (χ3n) is 5.76. The molecule has 1 aliphatic heterocycles. The molecule has 172 valence electrons. The smallest absolute Gasteiger partial charge is 0.272 e. The molecule has 4 heterocycles. The van der Waals surface area contributed by atoms with Crippen LogP contribution in [-0.4, -0.2) is 54.5 Å². The van der Waals surface area contributed by atoms with E-state index in [9.17, 15) is 9.59 Å². The lowest BCUT2D eigenvalue weighted by molar-refractivity contribution is 0.0755. The molecule has 1 fully saturated rings. The quantitative estimate of drug-likeness (QED) is 0.620. The highest BCUT2D eigenvalue weighted by Gasteiger charge is 2.21. The Bertz CT molecular complexity index is 1200. The second-order valence-corrected chi connectivity index (χ2v) is 8.17. The van der Waals surface area contributed by atoms with Gasteiger partial charge in [0, 0.05) is 43.6 Å². The highest BCUT2D eigenvalue weighted by Crippen LogP contribution is 2.27. The highest BCUT2D eigenvalue weighted by atomic mass is 16.2. The first-order chi connectivity index (χ1) is 16.1. The fourth-order valence-electron chi connectivity index (χ4n) is 4.04. The van der Waals surface area contributed by atoms with Gasteiger partial charge in [-0.3, -0.25) is 24.2 Å². The molecular weight excluding hydrogens is 418 g/mol. The Morgan fingerprint density at radius 2 is 1.94 bits per heavy atom. The molecule has 1 saturated heterocycles. The SMILES string of the molecule is CCCn1nc(-c2cncccc(C(N)=O)c[nH]2)c2cnc(C(=O)N3CCCCCC3)cc21. The summed E-state index contributed by atoms with van der Waals surface area (Å²) in [5, 5.41) is 5.58. The van der Waals surface area contributed by atoms with Gasteiger partial charge in [0.2, 0.25) is 5.91 Å². The number of nitrogens with one attached hydrogen (secondary N) is 1. The summed E-state index contributed by atoms with van der Waals surface area (Å²) in [6.07, 6.45) is 11.7. The maximum absolute atomic E-state index is 13.1. The summed E-state index contributed by atoms with van der Waals surface area (Å²) in [6.45, 7) is 4.32. The van der Waals surface area contributed by atoms with E-state index in [0.29, 0.717) is 29.2 Å². The topological polar surface area (TPSA) is 123 Å². The Morgan fingerprint density at radius 3 is 2.67 bits per heavy atom. The minimum Gasteiger partial charge on any atom is -0.366 e. The Morgan fingerprint density at radius 1 is 1.15 bits per heavy atom. The van der Waals surface area contributed by atoms with Crippen LogP contribution in [0.4, 0.5) is 0 Å². The largest absolute Gasteiger partial charge is 0.366 e. The number of aromatic amines is 1. The third-order valence-corrected chi connectivity index (χ3v) is 5.76. The van der Waals surface area contributed by atoms with E-state index in [0.717, 1.165) is 56.1 Å². The number of rotatable bonds is 5. The number of aromatic nitrogens is 5. The summed E-state index contributed by atoms with van der Waals surface area (Å²) >= 11 is 0. The van der Waals surface area contributed by atoms with Crippen LogP contribution in [0.2, 0.25) is 0 Å². The van der Waals surface area contributed by atoms with Crippen LogP contribution in [-0.2, 0) is 6.54 Å². The van der Waals surface area contributed by atoms with E-state index in [2.05, 4.69) is 21.9 Å². The zero-order valence-electron chi connectivity index (χ0n) is 18.8. The van der Waals surface area contributed by atoms with Gasteiger partial charge in [-0.2, -0.15) is 5.10 Å². The second kappa shape index (κ2) is 10.2. The normalized spacial score (nSPS) is 14.0. The summed E-state index contributed by atoms with van der Waals surface area (Å²) in [6, 6.07) is 5.07. The monoisotopic (exact) mass is 447 g/mol. The molecule has 33 heavy (non-hydrogen) atoms. The van der Waals surface area contributed by atoms with Crippen LogP contribution in [0.5, 0.6) is 0 Å². The fourth-order valence-corrected chi connectivity index (χ4v) is 4.04. The Balaban J connectivity index is 1.80. The summed E-state index contributed by atoms with van der Waals surface area (Å²) in [4.78, 5) is 38.6. The molecule has 0 aliphatic carbocycles. The average molecular weight is 448 g/mol. The van der Waals surface area contributed by atoms with Crippen molar-refractivity contribution < 1.29 is 9.59 Å². The molecule has 3 N–H and O–H groups in total. The van der Waals surface area contributed by atoms with Gasteiger partial charge in [-0.05, 0) is 37.5 Å². The summed E-state index contributed by atoms with van der Waals surface area (Å²) in [5.41, 5.74) is 8.27. The first-order valence-corrected chi connectivity index (χ1v) is 11.4. The van der Waals surface area contributed by atoms with Crippen molar-refractivity contribution in [3.05, 3.63) is 54.2 Å². The van der Waals surface area contributed by atoms with Gasteiger partial charge in [0.15, 0.2) is 0 Å². The van der Waals surface area contributed by atoms with Gasteiger partial charge in [0.05, 0.1) is 23.0 Å². The van der Waals surface area contributed by atoms with E-state index in [-0.39, 0.29) is 5.91 Å². The number of pyridine rings is 1. The van der Waals surface area contributed by atoms with Crippen LogP contribution in [0, 0.1) is 0 Å². The van der Waals surface area contributed by atoms with Crippen molar-refractivity contribution in [1.82, 2.24) is 29.6 Å². The van der Waals surface area contributed by atoms with Crippen molar-refractivity contribution in [3.63, 3.8) is 0 Å². The molecule has 1 aliphatic rings. The van der Waals surface area contributed by atoms with E-state index in [1.54, 1.807) is 30.7 Å². The molecule has 0 bridgehead atoms. The van der Waals surface area contributed by atoms with Crippen LogP contribution < -0.4 is 5.73 Å². The number of primary amides is 1. The lowest BCUT2D eigenvalue weighted by atomic mass is 10.2. The van der Waals surface area contributed by atoms with Crippen molar-refractivity contribution in [3.8, 4) is 11.4 Å². The van der Waals surface area contributed by atoms with Crippen LogP contribution in [0.15, 0.2) is 43.0 Å². The van der Waals surface area contributed by atoms with Crippen molar-refractivity contribution in [1.29, 1.82) is 0 Å². The maximum atomic E-state index is 13.1. The van der Waals surface area contributed by atoms with Gasteiger partial charge in [0.1, 0.15) is 11.4 Å². The summed E-state index contributed by atoms with van der Waals surface area (Å²) in [7, 11) is 0. The number of amides is 2. The summed E-state index contributed by atoms with van der Waals surface area (Å²) < 4.78 is 1.89. The molecule has 3 aromatic rings. The van der Waals surface area contributed by atoms with Crippen molar-refractivity contribution in [2.45, 2.75) is 45.6 Å². The number of H-pyrrole nitrogens is 1. The lowest BCUT2D eigenvalue weighted by Gasteiger charge is -2.19. The molecule has 0 atom stereocenters. The van der Waals surface area contributed by atoms with Gasteiger partial charge >= 0.3 is 0 Å². The van der Waals surface area contributed by atoms with Crippen molar-refractivity contribution in [2.75, 3.05) is 13.1 Å². The average Bonchev–Trinajstić information content (AvgIpc) is 3.01. The Hall–Kier alpha value is -3.75. The number of likely N-dealkylation sites (tertiary alicyclic amines) is 1. The molecule has 9 heteroatoms. The minimum atomic E-state index is -0.548. The first kappa shape index (κ1) is 22.4. The van der Waals surface area contributed by atoms with Gasteiger partial charge in [0.25, 0.3) is 5.91 Å². The van der Waals surface area contributed by atoms with Crippen LogP contribution in [0.3, 0.4) is 0 Å². The predicted molar refractivity (Wildman–Crippen MR) is 126 cm³/mol. The van der Waals surface area contributed by atoms with Crippen molar-refractivity contribution >= 4 is 22.7 Å². The van der Waals surface area contributed by atoms with Crippen LogP contribution >= 0.6 is 0 Å². The number of carbonyl (C=O) groups excluding carboxylic acids is 2. The second-order valence-electron chi connectivity index (χ2n) is 8.17. The molecule has 9 nitrogen and oxygen atoms in total. The number of carbonyl (C=O) groups is 2. The molecule has 0 spiro atoms. The molecule has 0 unspecified atom stereocenters. The molecule has 3 aromatic heterocycles. The summed E-state index contributed by atoms with van der Waals surface area (Å²) in [5.74, 6) is -0.581. The van der Waals surface area contributed by atoms with Gasteiger partial charge in [-0.15, -0.1) is 0 Å². The van der Waals surface area contributed by atoms with E-state index < -0.39 is 5.91 Å². The van der Waals surface area contributed by atoms with E-state index in [1.165, 1.54) is 6.20 Å². The van der Waals surface area contributed by atoms with Crippen LogP contribution in [0.1, 0.15) is 59.9 Å². The third kappa shape index (κ3) is 5.02. The molecule has 0 radical (unpaired) electrons. The number of hydrogen-bond acceptors (Lipinski definition) is 5. The number of nitrogens with zero attached hydrogens (tertiary/aromatic N) is 5. The number of fused-ring (bicyclic) bond motifs is 1. The Kier molecular flexibility index (Phi) is 6.97. The molecular formula is C24H29N7O2. The van der Waals surface area contributed by atoms with E-state index in [4.69, 9.17) is 10.8 Å². The lowest BCUT2D eigenvalue weighted by Crippen LogP contribution is -2.32. The van der Waals surface area contributed by atoms with Gasteiger partial charge < -0.3 is 15.6 Å². The predicted octanol–water partition coefficient (Wildman–Crippen LogP) is 3.47. The molecule has 0 saturated carbocycles. The maximum Gasteiger partial charge on any atom is 0.272 e. The highest BCUT2D eigenvalue weighted by molar-refractivity contribution is 5.98. The zero-order valence-corrected chi connectivity index (χ0v) is 18.8. The molecule has 0 aromatic carbocycles. The minimum absolute atomic E-state index is 0.0333. The van der Waals surface area contributed by atoms with Gasteiger partial charge in [-0.25, -0.2) is 0 Å². The number of aryl methyl sites for hydroxylation is 1. The number of hydrogen-bond donors (Lipinski definition) is 2. The van der Waals surface area contributed by atoms with Gasteiger partial charge in [-0.1, -0.05) is 19.8 Å². The Labute approximate surface area is 192 Å². The molecule has 4 rings (SSSR count). The van der Waals surface area contributed by atoms with E-state index in [1.807, 2.05) is 15.6 Å². The van der Waals surface area contributed by atoms with Crippen LogP contribution in [0.25, 0.3) is 22.3 Å². The zero-order chi connectivity index (χ0) is 23.2. The first-order valence-electron chi connectivity index (χ1n) is 11.4. The van der Waals surface area contributed by atoms with E-state index >= 15 is 0 Å². The standard InChI is InChI=1S/C24H29N7O2/c1-2-10-31-21-13-19(24(33)30-11-5-3-4-6-12-30)28-15-18(21)22(29-31)20-16-26-9-7-8-17(14-27-20)23(25)32/h7-9,13-16,27H,2-6,10-12H2,1H3,(H2,25,32). The van der Waals surface area contributed by atoms with Crippen molar-refractivity contribution in [2.24, 2.45) is 5.73 Å². The number of nitrogens with two attached hydrogens (primary N) is 1. The fraction of sp³-hybridized carbons (Fsp3) is 0.375.